The van der Waals surface area contributed by atoms with Gasteiger partial charge < -0.3 is 70.7 Å². The molecule has 322 valence electrons. The van der Waals surface area contributed by atoms with Gasteiger partial charge in [-0.1, -0.05) is 11.6 Å². The first-order valence-corrected chi connectivity index (χ1v) is 23.5. The molecule has 2 aliphatic heterocycles. The molecule has 31 nitrogen and oxygen atoms in total. The number of anilines is 2. The lowest BCUT2D eigenvalue weighted by Gasteiger charge is -2.34. The molecule has 0 radical (unpaired) electrons. The second kappa shape index (κ2) is 15.8. The zero-order valence-corrected chi connectivity index (χ0v) is 33.4. The van der Waals surface area contributed by atoms with Gasteiger partial charge in [0.15, 0.2) is 35.4 Å². The lowest BCUT2D eigenvalue weighted by Crippen LogP contribution is -2.33. The molecule has 12 atom stereocenters. The number of aliphatic hydroxyl groups is 4. The third-order valence-corrected chi connectivity index (χ3v) is 21.4. The molecule has 0 saturated carbocycles. The number of alkyl halides is 1. The Morgan fingerprint density at radius 2 is 1.00 bits per heavy atom. The van der Waals surface area contributed by atoms with Gasteiger partial charge in [0.05, 0.1) is 25.9 Å². The number of imidazole rings is 2. The van der Waals surface area contributed by atoms with Crippen molar-refractivity contribution >= 4 is 84.0 Å². The summed E-state index contributed by atoms with van der Waals surface area (Å²) in [7, 11) is -33.4. The molecule has 2 aliphatic rings. The zero-order chi connectivity index (χ0) is 43.0. The SMILES string of the molecule is Nc1ncnc2c1ncn2[C@@H]1O[C@H](COP(=O)(O)OP(=O)(O)C(Cl)(P(=O)(O)O)P(=O)(O)OP(=O)(O)OC[C@H]2O[C@@H](n3cnc4c(N)ncnc43)[C@H](O)[C@@H]2O)[C@@H](O)[C@H]1O. The van der Waals surface area contributed by atoms with Crippen molar-refractivity contribution in [2.24, 2.45) is 0 Å². The van der Waals surface area contributed by atoms with Gasteiger partial charge in [0.25, 0.3) is 0 Å². The highest BCUT2D eigenvalue weighted by Crippen LogP contribution is 2.91. The van der Waals surface area contributed by atoms with Crippen LogP contribution in [0.4, 0.5) is 11.6 Å². The number of fused-ring (bicyclic) bond motifs is 2. The van der Waals surface area contributed by atoms with E-state index >= 15 is 0 Å². The van der Waals surface area contributed by atoms with Crippen molar-refractivity contribution in [3.63, 3.8) is 0 Å². The number of nitrogens with zero attached hydrogens (tertiary/aromatic N) is 8. The van der Waals surface area contributed by atoms with E-state index in [0.717, 1.165) is 34.4 Å². The number of aliphatic hydroxyl groups excluding tert-OH is 4. The van der Waals surface area contributed by atoms with Crippen molar-refractivity contribution in [3.8, 4) is 0 Å². The first-order chi connectivity index (χ1) is 26.7. The third-order valence-electron chi connectivity index (χ3n) is 8.32. The standard InChI is InChI=1S/C21H30ClN10O21P5/c22-21(54(37,38)39,55(40,41)52-57(44,45)48-1-7-11(33)13(35)19(50-7)31-5-29-9-15(23)25-3-27-17(9)31)56(42,43)53-58(46,47)49-2-8-12(34)14(36)20(51-8)32-6-30-10-16(24)26-4-28-18(10)32/h3-8,11-14,19-20,33-36H,1-2H2,(H,40,41)(H,42,43)(H,44,45)(H,46,47)(H2,23,25,27)(H2,24,26,28)(H2,37,38,39)/t7-,8-,11-,12-,13-,14-,19-,20-/m1/s1. The van der Waals surface area contributed by atoms with Crippen molar-refractivity contribution in [1.82, 2.24) is 39.0 Å². The van der Waals surface area contributed by atoms with Crippen molar-refractivity contribution in [2.45, 2.75) is 53.2 Å². The van der Waals surface area contributed by atoms with Crippen LogP contribution in [-0.2, 0) is 50.0 Å². The second-order valence-electron chi connectivity index (χ2n) is 12.1. The Balaban J connectivity index is 1.12. The fraction of sp³-hybridized carbons (Fsp3) is 0.524. The van der Waals surface area contributed by atoms with Gasteiger partial charge in [-0.25, -0.2) is 47.7 Å². The summed E-state index contributed by atoms with van der Waals surface area (Å²) in [6.45, 7) is -2.62. The molecule has 0 aliphatic carbocycles. The summed E-state index contributed by atoms with van der Waals surface area (Å²) in [5.74, 6) is -0.142. The van der Waals surface area contributed by atoms with Crippen LogP contribution in [0.3, 0.4) is 0 Å². The number of nitrogens with two attached hydrogens (primary N) is 2. The van der Waals surface area contributed by atoms with Crippen LogP contribution in [0.1, 0.15) is 12.5 Å². The molecule has 4 aromatic rings. The summed E-state index contributed by atoms with van der Waals surface area (Å²) in [6, 6.07) is 0. The maximum absolute atomic E-state index is 13.2. The van der Waals surface area contributed by atoms with Crippen LogP contribution < -0.4 is 11.5 Å². The molecule has 58 heavy (non-hydrogen) atoms. The maximum Gasteiger partial charge on any atom is 0.479 e. The average molecular weight is 949 g/mol. The monoisotopic (exact) mass is 948 g/mol. The number of phosphoric ester groups is 2. The summed E-state index contributed by atoms with van der Waals surface area (Å²) < 4.78 is 89.4. The second-order valence-corrected chi connectivity index (χ2v) is 23.4. The minimum atomic E-state index is -7.03. The maximum atomic E-state index is 13.2. The molecule has 0 aromatic carbocycles. The van der Waals surface area contributed by atoms with E-state index in [4.69, 9.17) is 32.5 Å². The van der Waals surface area contributed by atoms with E-state index in [2.05, 4.69) is 47.6 Å². The van der Waals surface area contributed by atoms with Crippen LogP contribution in [0.15, 0.2) is 25.3 Å². The smallest absolute Gasteiger partial charge is 0.387 e. The lowest BCUT2D eigenvalue weighted by atomic mass is 10.1. The minimum Gasteiger partial charge on any atom is -0.387 e. The van der Waals surface area contributed by atoms with Gasteiger partial charge in [-0.15, -0.1) is 0 Å². The topological polar surface area (TPSA) is 482 Å². The highest BCUT2D eigenvalue weighted by atomic mass is 35.5. The van der Waals surface area contributed by atoms with Crippen molar-refractivity contribution in [3.05, 3.63) is 25.3 Å². The Labute approximate surface area is 325 Å². The number of phosphoric acid groups is 2. The Hall–Kier alpha value is -2.50. The molecular formula is C21H30ClN10O21P5. The number of halogens is 1. The predicted octanol–water partition coefficient (Wildman–Crippen LogP) is -2.27. The van der Waals surface area contributed by atoms with Gasteiger partial charge in [0, 0.05) is 0 Å². The van der Waals surface area contributed by atoms with Crippen LogP contribution in [-0.4, -0.2) is 143 Å². The van der Waals surface area contributed by atoms with E-state index in [0.29, 0.717) is 0 Å². The largest absolute Gasteiger partial charge is 0.479 e. The van der Waals surface area contributed by atoms with E-state index in [9.17, 15) is 72.6 Å². The average Bonchev–Trinajstić information content (AvgIpc) is 3.87. The number of hydrogen-bond acceptors (Lipinski definition) is 23. The number of hydrogen-bond donors (Lipinski definition) is 12. The van der Waals surface area contributed by atoms with Gasteiger partial charge in [0.1, 0.15) is 60.3 Å². The molecule has 0 amide bonds. The Morgan fingerprint density at radius 1 is 0.638 bits per heavy atom. The van der Waals surface area contributed by atoms with Crippen LogP contribution in [0.25, 0.3) is 22.3 Å². The highest BCUT2D eigenvalue weighted by Gasteiger charge is 2.76. The number of nitrogen functional groups attached to an aromatic ring is 2. The molecule has 14 N–H and O–H groups in total. The summed E-state index contributed by atoms with van der Waals surface area (Å²) in [4.78, 5) is 84.5. The van der Waals surface area contributed by atoms with Gasteiger partial charge in [-0.3, -0.25) is 31.9 Å². The predicted molar refractivity (Wildman–Crippen MR) is 185 cm³/mol. The molecule has 4 unspecified atom stereocenters. The fourth-order valence-electron chi connectivity index (χ4n) is 5.56. The normalized spacial score (nSPS) is 30.7. The molecule has 6 heterocycles. The van der Waals surface area contributed by atoms with Gasteiger partial charge in [0.2, 0.25) is 0 Å². The molecule has 2 saturated heterocycles. The van der Waals surface area contributed by atoms with Crippen LogP contribution in [0, 0.1) is 0 Å². The van der Waals surface area contributed by atoms with Crippen LogP contribution in [0.2, 0.25) is 0 Å². The molecule has 4 aromatic heterocycles. The van der Waals surface area contributed by atoms with Crippen molar-refractivity contribution < 1.29 is 99.8 Å². The Bertz CT molecular complexity index is 2300. The first-order valence-electron chi connectivity index (χ1n) is 15.4. The van der Waals surface area contributed by atoms with Crippen molar-refractivity contribution in [2.75, 3.05) is 24.7 Å². The molecule has 0 bridgehead atoms. The molecule has 2 fully saturated rings. The fourth-order valence-corrected chi connectivity index (χ4v) is 15.5. The Kier molecular flexibility index (Phi) is 12.2. The van der Waals surface area contributed by atoms with E-state index in [1.54, 1.807) is 0 Å². The number of aromatic nitrogens is 8. The molecule has 37 heteroatoms. The van der Waals surface area contributed by atoms with Crippen LogP contribution >= 0.6 is 50.0 Å². The first kappa shape index (κ1) is 45.0. The lowest BCUT2D eigenvalue weighted by molar-refractivity contribution is -0.0502. The molecule has 6 rings (SSSR count). The van der Waals surface area contributed by atoms with Crippen molar-refractivity contribution in [1.29, 1.82) is 0 Å². The number of ether oxygens (including phenoxy) is 2. The summed E-state index contributed by atoms with van der Waals surface area (Å²) in [5, 5.41) is 42.1. The summed E-state index contributed by atoms with van der Waals surface area (Å²) in [6.07, 6.45) is -9.91. The van der Waals surface area contributed by atoms with Crippen LogP contribution in [0.5, 0.6) is 0 Å². The zero-order valence-electron chi connectivity index (χ0n) is 28.2. The van der Waals surface area contributed by atoms with E-state index in [-0.39, 0.29) is 34.0 Å². The van der Waals surface area contributed by atoms with E-state index in [1.165, 1.54) is 0 Å². The molecular weight excluding hydrogens is 919 g/mol. The summed E-state index contributed by atoms with van der Waals surface area (Å²) in [5.41, 5.74) is 11.6. The Morgan fingerprint density at radius 3 is 1.34 bits per heavy atom. The highest BCUT2D eigenvalue weighted by molar-refractivity contribution is 7.94. The quantitative estimate of drug-likeness (QED) is 0.0442. The van der Waals surface area contributed by atoms with Gasteiger partial charge in [-0.05, 0) is 0 Å². The van der Waals surface area contributed by atoms with E-state index in [1.807, 2.05) is 0 Å². The minimum absolute atomic E-state index is 0.00519. The van der Waals surface area contributed by atoms with Gasteiger partial charge >= 0.3 is 42.5 Å². The van der Waals surface area contributed by atoms with E-state index < -0.39 is 105 Å². The molecule has 0 spiro atoms. The third kappa shape index (κ3) is 8.15. The van der Waals surface area contributed by atoms with Gasteiger partial charge in [-0.2, -0.15) is 0 Å². The number of rotatable bonds is 15. The summed E-state index contributed by atoms with van der Waals surface area (Å²) >= 11 is 5.55.